The van der Waals surface area contributed by atoms with Crippen LogP contribution in [-0.2, 0) is 22.1 Å². The van der Waals surface area contributed by atoms with Gasteiger partial charge in [-0.15, -0.1) is 0 Å². The largest absolute Gasteiger partial charge is 0.478 e. The van der Waals surface area contributed by atoms with E-state index in [9.17, 15) is 9.59 Å². The average Bonchev–Trinajstić information content (AvgIpc) is 2.96. The lowest BCUT2D eigenvalue weighted by atomic mass is 9.86. The number of benzene rings is 1. The van der Waals surface area contributed by atoms with E-state index in [2.05, 4.69) is 31.1 Å². The first-order valence-electron chi connectivity index (χ1n) is 7.97. The lowest BCUT2D eigenvalue weighted by Gasteiger charge is -2.22. The summed E-state index contributed by atoms with van der Waals surface area (Å²) < 4.78 is 1.82. The number of carbonyl (C=O) groups excluding carboxylic acids is 1. The van der Waals surface area contributed by atoms with Crippen LogP contribution in [0.5, 0.6) is 0 Å². The lowest BCUT2D eigenvalue weighted by Crippen LogP contribution is -2.30. The number of aliphatic carboxylic acids is 1. The normalized spacial score (nSPS) is 13.0. The molecule has 1 amide bonds. The predicted molar refractivity (Wildman–Crippen MR) is 95.1 cm³/mol. The number of hydrogen-bond acceptors (Lipinski definition) is 3. The molecule has 0 aliphatic rings. The van der Waals surface area contributed by atoms with Crippen LogP contribution >= 0.6 is 0 Å². The summed E-state index contributed by atoms with van der Waals surface area (Å²) in [5, 5.41) is 11.5. The summed E-state index contributed by atoms with van der Waals surface area (Å²) in [5.41, 5.74) is 2.09. The van der Waals surface area contributed by atoms with Crippen LogP contribution in [0, 0.1) is 0 Å². The monoisotopic (exact) mass is 341 g/mol. The second kappa shape index (κ2) is 7.34. The van der Waals surface area contributed by atoms with E-state index < -0.39 is 17.9 Å². The molecule has 1 unspecified atom stereocenters. The summed E-state index contributed by atoms with van der Waals surface area (Å²) in [6, 6.07) is 7.51. The molecule has 132 valence electrons. The summed E-state index contributed by atoms with van der Waals surface area (Å²) in [5.74, 6) is -0.992. The Hall–Kier alpha value is -2.89. The molecule has 0 bridgehead atoms. The Morgan fingerprint density at radius 2 is 1.84 bits per heavy atom. The smallest absolute Gasteiger partial charge is 0.328 e. The van der Waals surface area contributed by atoms with Crippen LogP contribution in [0.25, 0.3) is 0 Å². The fourth-order valence-electron chi connectivity index (χ4n) is 2.47. The molecular weight excluding hydrogens is 318 g/mol. The van der Waals surface area contributed by atoms with E-state index in [1.165, 1.54) is 5.56 Å². The summed E-state index contributed by atoms with van der Waals surface area (Å²) in [7, 11) is 1.85. The highest BCUT2D eigenvalue weighted by molar-refractivity contribution is 5.94. The molecule has 0 saturated carbocycles. The molecule has 25 heavy (non-hydrogen) atoms. The van der Waals surface area contributed by atoms with Gasteiger partial charge in [-0.1, -0.05) is 45.0 Å². The zero-order valence-electron chi connectivity index (χ0n) is 14.9. The van der Waals surface area contributed by atoms with Crippen LogP contribution in [0.4, 0.5) is 0 Å². The second-order valence-corrected chi connectivity index (χ2v) is 6.88. The molecule has 2 aromatic rings. The van der Waals surface area contributed by atoms with Crippen LogP contribution in [0.1, 0.15) is 43.8 Å². The Bertz CT molecular complexity index is 783. The zero-order valence-corrected chi connectivity index (χ0v) is 14.9. The second-order valence-electron chi connectivity index (χ2n) is 6.88. The molecule has 0 aliphatic heterocycles. The van der Waals surface area contributed by atoms with Gasteiger partial charge < -0.3 is 15.0 Å². The number of nitrogens with zero attached hydrogens (tertiary/aromatic N) is 2. The number of carboxylic acids is 1. The number of aryl methyl sites for hydroxylation is 1. The molecule has 6 nitrogen and oxygen atoms in total. The number of carboxylic acid groups (broad SMARTS) is 1. The van der Waals surface area contributed by atoms with Crippen molar-refractivity contribution in [1.82, 2.24) is 14.9 Å². The molecule has 6 heteroatoms. The van der Waals surface area contributed by atoms with E-state index >= 15 is 0 Å². The minimum absolute atomic E-state index is 0.0325. The van der Waals surface area contributed by atoms with Gasteiger partial charge in [0, 0.05) is 31.6 Å². The van der Waals surface area contributed by atoms with Gasteiger partial charge in [0.2, 0.25) is 5.91 Å². The van der Waals surface area contributed by atoms with E-state index in [1.54, 1.807) is 12.4 Å². The molecule has 2 N–H and O–H groups in total. The quantitative estimate of drug-likeness (QED) is 0.819. The van der Waals surface area contributed by atoms with Crippen LogP contribution < -0.4 is 5.32 Å². The highest BCUT2D eigenvalue weighted by atomic mass is 16.4. The van der Waals surface area contributed by atoms with Crippen molar-refractivity contribution in [2.24, 2.45) is 7.05 Å². The van der Waals surface area contributed by atoms with Crippen molar-refractivity contribution in [2.75, 3.05) is 0 Å². The van der Waals surface area contributed by atoms with Crippen molar-refractivity contribution < 1.29 is 14.7 Å². The van der Waals surface area contributed by atoms with Gasteiger partial charge in [-0.25, -0.2) is 9.78 Å². The Balaban J connectivity index is 2.34. The fraction of sp³-hybridized carbons (Fsp3) is 0.316. The van der Waals surface area contributed by atoms with E-state index in [1.807, 2.05) is 35.9 Å². The highest BCUT2D eigenvalue weighted by Crippen LogP contribution is 2.26. The van der Waals surface area contributed by atoms with Crippen molar-refractivity contribution in [3.63, 3.8) is 0 Å². The van der Waals surface area contributed by atoms with E-state index in [0.717, 1.165) is 17.7 Å². The summed E-state index contributed by atoms with van der Waals surface area (Å²) in [4.78, 5) is 27.0. The zero-order chi connectivity index (χ0) is 18.6. The molecule has 0 radical (unpaired) electrons. The fourth-order valence-corrected chi connectivity index (χ4v) is 2.47. The topological polar surface area (TPSA) is 84.2 Å². The first-order valence-corrected chi connectivity index (χ1v) is 7.97. The molecule has 0 fully saturated rings. The van der Waals surface area contributed by atoms with Crippen LogP contribution in [0.3, 0.4) is 0 Å². The molecule has 1 aromatic carbocycles. The highest BCUT2D eigenvalue weighted by Gasteiger charge is 2.21. The van der Waals surface area contributed by atoms with Gasteiger partial charge in [0.05, 0.1) is 0 Å². The maximum absolute atomic E-state index is 12.1. The first kappa shape index (κ1) is 18.4. The van der Waals surface area contributed by atoms with Crippen molar-refractivity contribution in [3.8, 4) is 0 Å². The Morgan fingerprint density at radius 1 is 1.20 bits per heavy atom. The molecule has 1 heterocycles. The number of nitrogens with one attached hydrogen (secondary N) is 1. The van der Waals surface area contributed by atoms with Gasteiger partial charge in [0.15, 0.2) is 0 Å². The number of rotatable bonds is 5. The van der Waals surface area contributed by atoms with Crippen LogP contribution in [0.15, 0.2) is 48.8 Å². The molecule has 1 atom stereocenters. The van der Waals surface area contributed by atoms with Crippen molar-refractivity contribution in [1.29, 1.82) is 0 Å². The number of carbonyl (C=O) groups is 2. The molecule has 2 rings (SSSR count). The Labute approximate surface area is 147 Å². The summed E-state index contributed by atoms with van der Waals surface area (Å²) >= 11 is 0. The van der Waals surface area contributed by atoms with Crippen molar-refractivity contribution in [2.45, 2.75) is 32.2 Å². The number of hydrogen-bond donors (Lipinski definition) is 2. The summed E-state index contributed by atoms with van der Waals surface area (Å²) in [6.45, 7) is 6.41. The predicted octanol–water partition coefficient (Wildman–Crippen LogP) is 2.56. The maximum atomic E-state index is 12.1. The third kappa shape index (κ3) is 4.79. The van der Waals surface area contributed by atoms with Gasteiger partial charge in [0.25, 0.3) is 0 Å². The van der Waals surface area contributed by atoms with E-state index in [4.69, 9.17) is 5.11 Å². The molecule has 0 saturated heterocycles. The minimum atomic E-state index is -1.17. The van der Waals surface area contributed by atoms with Crippen molar-refractivity contribution >= 4 is 11.9 Å². The van der Waals surface area contributed by atoms with Gasteiger partial charge in [-0.05, 0) is 16.5 Å². The van der Waals surface area contributed by atoms with Crippen LogP contribution in [-0.4, -0.2) is 26.5 Å². The lowest BCUT2D eigenvalue weighted by molar-refractivity contribution is -0.131. The van der Waals surface area contributed by atoms with Crippen LogP contribution in [0.2, 0.25) is 0 Å². The molecular formula is C19H23N3O3. The van der Waals surface area contributed by atoms with Gasteiger partial charge in [-0.3, -0.25) is 4.79 Å². The maximum Gasteiger partial charge on any atom is 0.328 e. The van der Waals surface area contributed by atoms with E-state index in [0.29, 0.717) is 5.82 Å². The Morgan fingerprint density at radius 3 is 2.32 bits per heavy atom. The van der Waals surface area contributed by atoms with Crippen molar-refractivity contribution in [3.05, 3.63) is 65.8 Å². The van der Waals surface area contributed by atoms with Gasteiger partial charge in [-0.2, -0.15) is 0 Å². The third-order valence-corrected chi connectivity index (χ3v) is 3.89. The molecule has 1 aromatic heterocycles. The van der Waals surface area contributed by atoms with Gasteiger partial charge >= 0.3 is 5.97 Å². The van der Waals surface area contributed by atoms with E-state index in [-0.39, 0.29) is 5.41 Å². The Kier molecular flexibility index (Phi) is 5.41. The summed E-state index contributed by atoms with van der Waals surface area (Å²) in [6.07, 6.45) is 5.27. The average molecular weight is 341 g/mol. The number of aromatic nitrogens is 2. The molecule has 0 aliphatic carbocycles. The third-order valence-electron chi connectivity index (χ3n) is 3.89. The number of amides is 1. The number of imidazole rings is 1. The molecule has 0 spiro atoms. The van der Waals surface area contributed by atoms with Gasteiger partial charge in [0.1, 0.15) is 11.9 Å². The first-order chi connectivity index (χ1) is 11.7. The SMILES string of the molecule is Cn1ccnc1C(NC(=O)/C=C\C(=O)O)c1ccc(C(C)(C)C)cc1. The standard InChI is InChI=1S/C19H23N3O3/c1-19(2,3)14-7-5-13(6-8-14)17(18-20-11-12-22(18)4)21-15(23)9-10-16(24)25/h5-12,17H,1-4H3,(H,21,23)(H,24,25)/b10-9-. The minimum Gasteiger partial charge on any atom is -0.478 e.